The third kappa shape index (κ3) is 2.12. The standard InChI is InChI=1S/C9H13N3O2/c1-2-6-12(9(10)14)8-7(13)4-3-5-11-8/h3-5,13H,2,6H2,1H3,(H2,10,14). The number of pyridine rings is 1. The average Bonchev–Trinajstić information content (AvgIpc) is 2.15. The van der Waals surface area contributed by atoms with Gasteiger partial charge in [0, 0.05) is 12.7 Å². The summed E-state index contributed by atoms with van der Waals surface area (Å²) in [5.74, 6) is 0.168. The molecule has 1 heterocycles. The molecule has 76 valence electrons. The van der Waals surface area contributed by atoms with Crippen LogP contribution in [0, 0.1) is 0 Å². The Hall–Kier alpha value is -1.78. The van der Waals surface area contributed by atoms with Crippen molar-refractivity contribution < 1.29 is 9.90 Å². The van der Waals surface area contributed by atoms with Crippen molar-refractivity contribution in [2.45, 2.75) is 13.3 Å². The Morgan fingerprint density at radius 3 is 2.93 bits per heavy atom. The highest BCUT2D eigenvalue weighted by Gasteiger charge is 2.15. The van der Waals surface area contributed by atoms with Crippen LogP contribution in [-0.2, 0) is 0 Å². The number of rotatable bonds is 3. The van der Waals surface area contributed by atoms with E-state index in [0.29, 0.717) is 6.54 Å². The van der Waals surface area contributed by atoms with Crippen molar-refractivity contribution in [1.82, 2.24) is 4.98 Å². The molecular weight excluding hydrogens is 182 g/mol. The minimum atomic E-state index is -0.610. The van der Waals surface area contributed by atoms with Crippen molar-refractivity contribution in [2.75, 3.05) is 11.4 Å². The number of primary amides is 1. The van der Waals surface area contributed by atoms with E-state index in [2.05, 4.69) is 4.98 Å². The Morgan fingerprint density at radius 2 is 2.43 bits per heavy atom. The second-order valence-corrected chi connectivity index (χ2v) is 2.84. The van der Waals surface area contributed by atoms with E-state index in [1.807, 2.05) is 6.92 Å². The largest absolute Gasteiger partial charge is 0.504 e. The molecule has 0 spiro atoms. The fourth-order valence-electron chi connectivity index (χ4n) is 1.14. The van der Waals surface area contributed by atoms with Gasteiger partial charge in [-0.05, 0) is 18.6 Å². The number of amides is 2. The fraction of sp³-hybridized carbons (Fsp3) is 0.333. The molecule has 0 bridgehead atoms. The summed E-state index contributed by atoms with van der Waals surface area (Å²) in [5, 5.41) is 9.44. The van der Waals surface area contributed by atoms with Gasteiger partial charge in [0.2, 0.25) is 0 Å². The van der Waals surface area contributed by atoms with Crippen molar-refractivity contribution in [1.29, 1.82) is 0 Å². The molecule has 3 N–H and O–H groups in total. The summed E-state index contributed by atoms with van der Waals surface area (Å²) in [7, 11) is 0. The van der Waals surface area contributed by atoms with Gasteiger partial charge in [0.15, 0.2) is 11.6 Å². The molecule has 0 aliphatic rings. The van der Waals surface area contributed by atoms with E-state index in [1.54, 1.807) is 6.07 Å². The van der Waals surface area contributed by atoms with Gasteiger partial charge >= 0.3 is 6.03 Å². The van der Waals surface area contributed by atoms with E-state index in [-0.39, 0.29) is 11.6 Å². The molecule has 0 atom stereocenters. The average molecular weight is 195 g/mol. The number of hydrogen-bond donors (Lipinski definition) is 2. The molecule has 5 heteroatoms. The second kappa shape index (κ2) is 4.45. The first kappa shape index (κ1) is 10.3. The highest BCUT2D eigenvalue weighted by molar-refractivity contribution is 5.90. The van der Waals surface area contributed by atoms with Crippen LogP contribution in [0.3, 0.4) is 0 Å². The summed E-state index contributed by atoms with van der Waals surface area (Å²) < 4.78 is 0. The Balaban J connectivity index is 2.99. The molecular formula is C9H13N3O2. The van der Waals surface area contributed by atoms with E-state index < -0.39 is 6.03 Å². The van der Waals surface area contributed by atoms with Crippen molar-refractivity contribution >= 4 is 11.8 Å². The van der Waals surface area contributed by atoms with E-state index >= 15 is 0 Å². The number of urea groups is 1. The molecule has 2 amide bonds. The first-order chi connectivity index (χ1) is 6.66. The number of anilines is 1. The number of aromatic hydroxyl groups is 1. The van der Waals surface area contributed by atoms with Crippen LogP contribution in [0.4, 0.5) is 10.6 Å². The van der Waals surface area contributed by atoms with Gasteiger partial charge < -0.3 is 10.8 Å². The lowest BCUT2D eigenvalue weighted by atomic mass is 10.3. The van der Waals surface area contributed by atoms with Gasteiger partial charge in [-0.15, -0.1) is 0 Å². The lowest BCUT2D eigenvalue weighted by Crippen LogP contribution is -2.36. The third-order valence-electron chi connectivity index (χ3n) is 1.73. The maximum Gasteiger partial charge on any atom is 0.320 e. The molecule has 5 nitrogen and oxygen atoms in total. The summed E-state index contributed by atoms with van der Waals surface area (Å²) in [6.45, 7) is 2.36. The minimum absolute atomic E-state index is 0.0419. The van der Waals surface area contributed by atoms with Crippen molar-refractivity contribution in [3.63, 3.8) is 0 Å². The Morgan fingerprint density at radius 1 is 1.71 bits per heavy atom. The number of carbonyl (C=O) groups excluding carboxylic acids is 1. The second-order valence-electron chi connectivity index (χ2n) is 2.84. The predicted molar refractivity (Wildman–Crippen MR) is 53.1 cm³/mol. The van der Waals surface area contributed by atoms with E-state index in [9.17, 15) is 9.90 Å². The van der Waals surface area contributed by atoms with Gasteiger partial charge in [-0.1, -0.05) is 6.92 Å². The predicted octanol–water partition coefficient (Wildman–Crippen LogP) is 1.08. The Bertz CT molecular complexity index is 328. The monoisotopic (exact) mass is 195 g/mol. The zero-order valence-electron chi connectivity index (χ0n) is 7.97. The molecule has 0 saturated carbocycles. The molecule has 0 unspecified atom stereocenters. The lowest BCUT2D eigenvalue weighted by molar-refractivity contribution is 0.253. The van der Waals surface area contributed by atoms with Gasteiger partial charge in [-0.2, -0.15) is 0 Å². The normalized spacial score (nSPS) is 9.79. The topological polar surface area (TPSA) is 79.5 Å². The van der Waals surface area contributed by atoms with E-state index in [4.69, 9.17) is 5.73 Å². The number of nitrogens with two attached hydrogens (primary N) is 1. The molecule has 0 fully saturated rings. The van der Waals surface area contributed by atoms with Crippen molar-refractivity contribution in [2.24, 2.45) is 5.73 Å². The Labute approximate surface area is 82.2 Å². The van der Waals surface area contributed by atoms with Gasteiger partial charge in [-0.25, -0.2) is 9.78 Å². The van der Waals surface area contributed by atoms with Crippen molar-refractivity contribution in [3.05, 3.63) is 18.3 Å². The zero-order valence-corrected chi connectivity index (χ0v) is 7.97. The fourth-order valence-corrected chi connectivity index (χ4v) is 1.14. The molecule has 0 aliphatic heterocycles. The smallest absolute Gasteiger partial charge is 0.320 e. The maximum absolute atomic E-state index is 11.0. The first-order valence-corrected chi connectivity index (χ1v) is 4.37. The van der Waals surface area contributed by atoms with Gasteiger partial charge in [0.25, 0.3) is 0 Å². The molecule has 0 radical (unpaired) electrons. The summed E-state index contributed by atoms with van der Waals surface area (Å²) >= 11 is 0. The number of aromatic nitrogens is 1. The van der Waals surface area contributed by atoms with Gasteiger partial charge in [0.05, 0.1) is 0 Å². The summed E-state index contributed by atoms with van der Waals surface area (Å²) in [5.41, 5.74) is 5.16. The molecule has 0 aliphatic carbocycles. The molecule has 1 aromatic rings. The van der Waals surface area contributed by atoms with Crippen molar-refractivity contribution in [3.8, 4) is 5.75 Å². The summed E-state index contributed by atoms with van der Waals surface area (Å²) in [6, 6.07) is 2.44. The van der Waals surface area contributed by atoms with Gasteiger partial charge in [0.1, 0.15) is 0 Å². The number of carbonyl (C=O) groups is 1. The number of hydrogen-bond acceptors (Lipinski definition) is 3. The molecule has 0 saturated heterocycles. The van der Waals surface area contributed by atoms with Crippen LogP contribution in [0.5, 0.6) is 5.75 Å². The zero-order chi connectivity index (χ0) is 10.6. The summed E-state index contributed by atoms with van der Waals surface area (Å²) in [4.78, 5) is 16.2. The molecule has 1 rings (SSSR count). The molecule has 1 aromatic heterocycles. The maximum atomic E-state index is 11.0. The van der Waals surface area contributed by atoms with E-state index in [1.165, 1.54) is 17.2 Å². The molecule has 0 aromatic carbocycles. The Kier molecular flexibility index (Phi) is 3.28. The van der Waals surface area contributed by atoms with Crippen LogP contribution in [0.25, 0.3) is 0 Å². The SMILES string of the molecule is CCCN(C(N)=O)c1ncccc1O. The third-order valence-corrected chi connectivity index (χ3v) is 1.73. The van der Waals surface area contributed by atoms with Crippen LogP contribution in [-0.4, -0.2) is 22.7 Å². The minimum Gasteiger partial charge on any atom is -0.504 e. The number of nitrogens with zero attached hydrogens (tertiary/aromatic N) is 2. The van der Waals surface area contributed by atoms with Gasteiger partial charge in [-0.3, -0.25) is 4.90 Å². The van der Waals surface area contributed by atoms with Crippen LogP contribution in [0.2, 0.25) is 0 Å². The quantitative estimate of drug-likeness (QED) is 0.757. The highest BCUT2D eigenvalue weighted by Crippen LogP contribution is 2.23. The van der Waals surface area contributed by atoms with Crippen LogP contribution in [0.15, 0.2) is 18.3 Å². The van der Waals surface area contributed by atoms with Crippen LogP contribution in [0.1, 0.15) is 13.3 Å². The lowest BCUT2D eigenvalue weighted by Gasteiger charge is -2.18. The van der Waals surface area contributed by atoms with E-state index in [0.717, 1.165) is 6.42 Å². The first-order valence-electron chi connectivity index (χ1n) is 4.37. The summed E-state index contributed by atoms with van der Waals surface area (Å²) in [6.07, 6.45) is 2.25. The highest BCUT2D eigenvalue weighted by atomic mass is 16.3. The van der Waals surface area contributed by atoms with Crippen LogP contribution < -0.4 is 10.6 Å². The van der Waals surface area contributed by atoms with Crippen LogP contribution >= 0.6 is 0 Å². The molecule has 14 heavy (non-hydrogen) atoms.